The number of carbonyl (C=O) groups excluding carboxylic acids is 4. The van der Waals surface area contributed by atoms with Crippen LogP contribution in [0.25, 0.3) is 0 Å². The Morgan fingerprint density at radius 3 is 1.83 bits per heavy atom. The molecule has 0 heterocycles. The van der Waals surface area contributed by atoms with Crippen LogP contribution in [0.5, 0.6) is 5.75 Å². The van der Waals surface area contributed by atoms with E-state index in [1.54, 1.807) is 36.4 Å². The second kappa shape index (κ2) is 23.9. The first kappa shape index (κ1) is 44.6. The molecule has 2 aromatic carbocycles. The molecule has 0 spiro atoms. The maximum Gasteiger partial charge on any atom is 0.326 e. The summed E-state index contributed by atoms with van der Waals surface area (Å²) in [4.78, 5) is 68.3. The second-order valence-electron chi connectivity index (χ2n) is 12.8. The summed E-state index contributed by atoms with van der Waals surface area (Å²) >= 11 is 11.9. The molecule has 2 rings (SSSR count). The maximum absolute atomic E-state index is 13.4. The van der Waals surface area contributed by atoms with Gasteiger partial charge in [0, 0.05) is 50.0 Å². The van der Waals surface area contributed by atoms with Gasteiger partial charge in [0.1, 0.15) is 17.8 Å². The zero-order valence-electron chi connectivity index (χ0n) is 30.4. The fourth-order valence-corrected chi connectivity index (χ4v) is 5.91. The summed E-state index contributed by atoms with van der Waals surface area (Å²) in [5.41, 5.74) is 2.35. The van der Waals surface area contributed by atoms with Crippen molar-refractivity contribution in [1.82, 2.24) is 26.2 Å². The summed E-state index contributed by atoms with van der Waals surface area (Å²) in [5.74, 6) is -2.78. The van der Waals surface area contributed by atoms with E-state index in [0.717, 1.165) is 11.3 Å². The smallest absolute Gasteiger partial charge is 0.326 e. The van der Waals surface area contributed by atoms with Crippen LogP contribution in [0.3, 0.4) is 0 Å². The fraction of sp³-hybridized carbons (Fsp3) is 0.447. The van der Waals surface area contributed by atoms with Crippen molar-refractivity contribution in [2.45, 2.75) is 51.2 Å². The first-order chi connectivity index (χ1) is 25.3. The Kier molecular flexibility index (Phi) is 20.1. The van der Waals surface area contributed by atoms with Gasteiger partial charge >= 0.3 is 5.97 Å². The number of carbonyl (C=O) groups is 5. The van der Waals surface area contributed by atoms with Crippen molar-refractivity contribution in [2.75, 3.05) is 55.9 Å². The predicted molar refractivity (Wildman–Crippen MR) is 208 cm³/mol. The Hall–Kier alpha value is -4.59. The van der Waals surface area contributed by atoms with Crippen LogP contribution < -0.4 is 26.2 Å². The molecule has 0 bridgehead atoms. The number of rotatable bonds is 25. The minimum Gasteiger partial charge on any atom is -0.508 e. The number of halogens is 2. The molecule has 0 aliphatic rings. The van der Waals surface area contributed by atoms with Crippen molar-refractivity contribution >= 4 is 58.5 Å². The molecular weight excluding hydrogens is 723 g/mol. The van der Waals surface area contributed by atoms with Crippen molar-refractivity contribution in [3.05, 3.63) is 85.0 Å². The average molecular weight is 776 g/mol. The van der Waals surface area contributed by atoms with E-state index in [2.05, 4.69) is 34.4 Å². The standard InChI is InChI=1S/C38H52Cl2N6O7/c1-5-17-46(18-6-2)33(23-28-9-13-30(47)14-10-28)37(51)42-24-34(48)41-25-35(49)43-31(36(50)44-32(38(52)53)21-26(3)4)22-27-7-11-29(12-8-27)45(19-15-39)20-16-40/h5-14,26,31-33,47H,1-2,15-25H2,3-4H3,(H,41,48)(H,42,51)(H,43,49)(H,44,50)(H,52,53)/t31-,32-,33-/m0/s1. The molecule has 3 atom stereocenters. The van der Waals surface area contributed by atoms with Crippen LogP contribution >= 0.6 is 23.2 Å². The van der Waals surface area contributed by atoms with Crippen LogP contribution in [0.4, 0.5) is 5.69 Å². The van der Waals surface area contributed by atoms with Gasteiger partial charge in [0.25, 0.3) is 0 Å². The molecular formula is C38H52Cl2N6O7. The number of hydrogen-bond donors (Lipinski definition) is 6. The topological polar surface area (TPSA) is 180 Å². The summed E-state index contributed by atoms with van der Waals surface area (Å²) < 4.78 is 0. The lowest BCUT2D eigenvalue weighted by molar-refractivity contribution is -0.142. The highest BCUT2D eigenvalue weighted by molar-refractivity contribution is 6.18. The van der Waals surface area contributed by atoms with Gasteiger partial charge in [-0.25, -0.2) is 4.79 Å². The van der Waals surface area contributed by atoms with Crippen molar-refractivity contribution in [3.8, 4) is 5.75 Å². The molecule has 0 unspecified atom stereocenters. The van der Waals surface area contributed by atoms with E-state index in [-0.39, 0.29) is 30.9 Å². The number of alkyl halides is 2. The Morgan fingerprint density at radius 2 is 1.30 bits per heavy atom. The van der Waals surface area contributed by atoms with Crippen LogP contribution in [0.15, 0.2) is 73.8 Å². The number of carboxylic acid groups (broad SMARTS) is 1. The highest BCUT2D eigenvalue weighted by Gasteiger charge is 2.28. The van der Waals surface area contributed by atoms with E-state index in [9.17, 15) is 34.2 Å². The second-order valence-corrected chi connectivity index (χ2v) is 13.6. The molecule has 0 saturated heterocycles. The molecule has 0 radical (unpaired) electrons. The number of aliphatic carboxylic acids is 1. The Bertz CT molecular complexity index is 1490. The van der Waals surface area contributed by atoms with Crippen LogP contribution in [0.2, 0.25) is 0 Å². The van der Waals surface area contributed by atoms with Crippen molar-refractivity contribution in [2.24, 2.45) is 5.92 Å². The minimum absolute atomic E-state index is 0.0215. The Morgan fingerprint density at radius 1 is 0.755 bits per heavy atom. The van der Waals surface area contributed by atoms with E-state index in [4.69, 9.17) is 23.2 Å². The van der Waals surface area contributed by atoms with E-state index < -0.39 is 60.8 Å². The molecule has 4 amide bonds. The number of hydrogen-bond acceptors (Lipinski definition) is 8. The molecule has 0 aromatic heterocycles. The van der Waals surface area contributed by atoms with Crippen LogP contribution in [-0.4, -0.2) is 114 Å². The number of nitrogens with zero attached hydrogens (tertiary/aromatic N) is 2. The number of benzene rings is 2. The van der Waals surface area contributed by atoms with Gasteiger partial charge in [-0.15, -0.1) is 36.4 Å². The first-order valence-corrected chi connectivity index (χ1v) is 18.4. The van der Waals surface area contributed by atoms with Crippen molar-refractivity contribution < 1.29 is 34.2 Å². The third-order valence-electron chi connectivity index (χ3n) is 8.13. The lowest BCUT2D eigenvalue weighted by atomic mass is 10.0. The zero-order chi connectivity index (χ0) is 39.3. The van der Waals surface area contributed by atoms with Gasteiger partial charge in [-0.3, -0.25) is 24.1 Å². The van der Waals surface area contributed by atoms with Gasteiger partial charge < -0.3 is 36.4 Å². The summed E-state index contributed by atoms with van der Waals surface area (Å²) in [6, 6.07) is 10.7. The molecule has 13 nitrogen and oxygen atoms in total. The molecule has 6 N–H and O–H groups in total. The maximum atomic E-state index is 13.4. The number of carboxylic acids is 1. The monoisotopic (exact) mass is 774 g/mol. The van der Waals surface area contributed by atoms with Gasteiger partial charge in [-0.2, -0.15) is 0 Å². The molecule has 0 aliphatic heterocycles. The summed E-state index contributed by atoms with van der Waals surface area (Å²) in [5, 5.41) is 29.6. The predicted octanol–water partition coefficient (Wildman–Crippen LogP) is 2.84. The largest absolute Gasteiger partial charge is 0.508 e. The van der Waals surface area contributed by atoms with Gasteiger partial charge in [-0.05, 0) is 54.2 Å². The number of aromatic hydroxyl groups is 1. The van der Waals surface area contributed by atoms with E-state index in [1.165, 1.54) is 12.1 Å². The summed E-state index contributed by atoms with van der Waals surface area (Å²) in [6.45, 7) is 12.2. The summed E-state index contributed by atoms with van der Waals surface area (Å²) in [7, 11) is 0. The summed E-state index contributed by atoms with van der Waals surface area (Å²) in [6.07, 6.45) is 3.81. The Labute approximate surface area is 321 Å². The molecule has 53 heavy (non-hydrogen) atoms. The lowest BCUT2D eigenvalue weighted by Gasteiger charge is -2.29. The number of anilines is 1. The molecule has 2 aromatic rings. The van der Waals surface area contributed by atoms with Gasteiger partial charge in [0.05, 0.1) is 19.1 Å². The first-order valence-electron chi connectivity index (χ1n) is 17.4. The highest BCUT2D eigenvalue weighted by Crippen LogP contribution is 2.18. The third kappa shape index (κ3) is 16.3. The fourth-order valence-electron chi connectivity index (χ4n) is 5.50. The van der Waals surface area contributed by atoms with Crippen LogP contribution in [0.1, 0.15) is 31.4 Å². The average Bonchev–Trinajstić information content (AvgIpc) is 3.12. The lowest BCUT2D eigenvalue weighted by Crippen LogP contribution is -2.54. The van der Waals surface area contributed by atoms with Crippen molar-refractivity contribution in [3.63, 3.8) is 0 Å². The normalized spacial score (nSPS) is 12.6. The number of amides is 4. The zero-order valence-corrected chi connectivity index (χ0v) is 31.9. The Balaban J connectivity index is 2.12. The molecule has 0 saturated carbocycles. The SMILES string of the molecule is C=CCN(CC=C)[C@@H](Cc1ccc(O)cc1)C(=O)NCC(=O)NCC(=O)N[C@@H](Cc1ccc(N(CCCl)CCCl)cc1)C(=O)N[C@@H](CC(C)C)C(=O)O. The highest BCUT2D eigenvalue weighted by atomic mass is 35.5. The minimum atomic E-state index is -1.20. The number of phenolic OH excluding ortho intramolecular Hbond substituents is 1. The van der Waals surface area contributed by atoms with Gasteiger partial charge in [0.15, 0.2) is 0 Å². The molecule has 0 fully saturated rings. The van der Waals surface area contributed by atoms with Gasteiger partial charge in [0.2, 0.25) is 23.6 Å². The third-order valence-corrected chi connectivity index (χ3v) is 8.47. The number of phenols is 1. The van der Waals surface area contributed by atoms with E-state index >= 15 is 0 Å². The van der Waals surface area contributed by atoms with Crippen molar-refractivity contribution in [1.29, 1.82) is 0 Å². The van der Waals surface area contributed by atoms with E-state index in [0.29, 0.717) is 43.5 Å². The molecule has 0 aliphatic carbocycles. The van der Waals surface area contributed by atoms with Gasteiger partial charge in [-0.1, -0.05) is 50.3 Å². The van der Waals surface area contributed by atoms with Crippen LogP contribution in [-0.2, 0) is 36.8 Å². The van der Waals surface area contributed by atoms with E-state index in [1.807, 2.05) is 35.8 Å². The van der Waals surface area contributed by atoms with Crippen LogP contribution in [0, 0.1) is 5.92 Å². The molecule has 15 heteroatoms. The quantitative estimate of drug-likeness (QED) is 0.0654. The number of nitrogens with one attached hydrogen (secondary N) is 4. The molecule has 290 valence electrons.